The van der Waals surface area contributed by atoms with Crippen molar-refractivity contribution in [2.75, 3.05) is 17.7 Å². The number of anilines is 1. The number of nitrogens with zero attached hydrogens (tertiary/aromatic N) is 3. The largest absolute Gasteiger partial charge is 0.462 e. The predicted octanol–water partition coefficient (Wildman–Crippen LogP) is 6.42. The average molecular weight is 539 g/mol. The molecule has 4 rings (SSSR count). The van der Waals surface area contributed by atoms with Crippen molar-refractivity contribution >= 4 is 51.6 Å². The van der Waals surface area contributed by atoms with Crippen LogP contribution in [0.15, 0.2) is 77.8 Å². The maximum absolute atomic E-state index is 12.9. The van der Waals surface area contributed by atoms with Crippen LogP contribution in [-0.4, -0.2) is 39.0 Å². The zero-order chi connectivity index (χ0) is 25.5. The lowest BCUT2D eigenvalue weighted by atomic mass is 10.0. The second-order valence-corrected chi connectivity index (χ2v) is 9.69. The van der Waals surface area contributed by atoms with Crippen LogP contribution in [-0.2, 0) is 16.1 Å². The quantitative estimate of drug-likeness (QED) is 0.142. The average Bonchev–Trinajstić information content (AvgIpc) is 3.48. The standard InChI is InChI=1S/C26H23ClN4O3S2/c1-3-14-31-23(18-12-8-9-13-20(18)27)29-30-26(31)36-16-21(32)28-24-22(25(33)34-4-2)19(15-35-24)17-10-6-5-7-11-17/h3,5-13,15H,1,4,14,16H2,2H3,(H,28,32). The Balaban J connectivity index is 1.53. The smallest absolute Gasteiger partial charge is 0.341 e. The Hall–Kier alpha value is -3.40. The monoisotopic (exact) mass is 538 g/mol. The lowest BCUT2D eigenvalue weighted by molar-refractivity contribution is -0.113. The van der Waals surface area contributed by atoms with Crippen molar-refractivity contribution in [1.29, 1.82) is 0 Å². The first-order valence-corrected chi connectivity index (χ1v) is 13.3. The van der Waals surface area contributed by atoms with Gasteiger partial charge in [0.15, 0.2) is 11.0 Å². The van der Waals surface area contributed by atoms with Crippen molar-refractivity contribution in [1.82, 2.24) is 14.8 Å². The highest BCUT2D eigenvalue weighted by atomic mass is 35.5. The summed E-state index contributed by atoms with van der Waals surface area (Å²) >= 11 is 8.88. The molecule has 10 heteroatoms. The van der Waals surface area contributed by atoms with Crippen LogP contribution in [0.3, 0.4) is 0 Å². The number of allylic oxidation sites excluding steroid dienone is 1. The Labute approximate surface area is 222 Å². The highest BCUT2D eigenvalue weighted by Gasteiger charge is 2.23. The van der Waals surface area contributed by atoms with E-state index in [1.54, 1.807) is 19.1 Å². The van der Waals surface area contributed by atoms with Crippen LogP contribution in [0.4, 0.5) is 5.00 Å². The Kier molecular flexibility index (Phi) is 8.58. The van der Waals surface area contributed by atoms with Crippen LogP contribution in [0.5, 0.6) is 0 Å². The van der Waals surface area contributed by atoms with Gasteiger partial charge in [-0.1, -0.05) is 71.9 Å². The van der Waals surface area contributed by atoms with E-state index in [9.17, 15) is 9.59 Å². The summed E-state index contributed by atoms with van der Waals surface area (Å²) in [5, 5.41) is 14.8. The number of hydrogen-bond acceptors (Lipinski definition) is 7. The maximum atomic E-state index is 12.9. The number of amides is 1. The number of ether oxygens (including phenoxy) is 1. The van der Waals surface area contributed by atoms with Crippen molar-refractivity contribution in [3.05, 3.63) is 83.2 Å². The number of nitrogens with one attached hydrogen (secondary N) is 1. The molecular formula is C26H23ClN4O3S2. The van der Waals surface area contributed by atoms with Gasteiger partial charge in [0.2, 0.25) is 5.91 Å². The molecule has 0 radical (unpaired) electrons. The van der Waals surface area contributed by atoms with Crippen LogP contribution >= 0.6 is 34.7 Å². The van der Waals surface area contributed by atoms with Crippen LogP contribution in [0.25, 0.3) is 22.5 Å². The molecule has 184 valence electrons. The van der Waals surface area contributed by atoms with Crippen LogP contribution in [0.2, 0.25) is 5.02 Å². The summed E-state index contributed by atoms with van der Waals surface area (Å²) in [4.78, 5) is 25.6. The van der Waals surface area contributed by atoms with Gasteiger partial charge in [0.05, 0.1) is 17.4 Å². The number of hydrogen-bond donors (Lipinski definition) is 1. The molecule has 0 aliphatic heterocycles. The van der Waals surface area contributed by atoms with Gasteiger partial charge in [-0.15, -0.1) is 28.1 Å². The molecule has 1 N–H and O–H groups in total. The molecule has 0 fully saturated rings. The van der Waals surface area contributed by atoms with Gasteiger partial charge in [-0.25, -0.2) is 4.79 Å². The van der Waals surface area contributed by atoms with Gasteiger partial charge < -0.3 is 10.1 Å². The lowest BCUT2D eigenvalue weighted by Crippen LogP contribution is -2.17. The Morgan fingerprint density at radius 1 is 1.14 bits per heavy atom. The molecule has 0 saturated carbocycles. The molecule has 0 unspecified atom stereocenters. The number of halogens is 1. The summed E-state index contributed by atoms with van der Waals surface area (Å²) < 4.78 is 7.12. The molecule has 0 spiro atoms. The molecule has 0 atom stereocenters. The predicted molar refractivity (Wildman–Crippen MR) is 146 cm³/mol. The molecule has 2 aromatic heterocycles. The summed E-state index contributed by atoms with van der Waals surface area (Å²) in [6.45, 7) is 6.25. The number of aromatic nitrogens is 3. The lowest BCUT2D eigenvalue weighted by Gasteiger charge is -2.10. The van der Waals surface area contributed by atoms with E-state index in [2.05, 4.69) is 22.1 Å². The van der Waals surface area contributed by atoms with E-state index in [1.165, 1.54) is 23.1 Å². The second kappa shape index (κ2) is 12.0. The summed E-state index contributed by atoms with van der Waals surface area (Å²) in [7, 11) is 0. The molecule has 0 saturated heterocycles. The van der Waals surface area contributed by atoms with Crippen molar-refractivity contribution in [3.63, 3.8) is 0 Å². The SMILES string of the molecule is C=CCn1c(SCC(=O)Nc2scc(-c3ccccc3)c2C(=O)OCC)nnc1-c1ccccc1Cl. The molecule has 36 heavy (non-hydrogen) atoms. The molecule has 0 aliphatic rings. The van der Waals surface area contributed by atoms with E-state index in [-0.39, 0.29) is 18.3 Å². The van der Waals surface area contributed by atoms with Gasteiger partial charge >= 0.3 is 5.97 Å². The van der Waals surface area contributed by atoms with E-state index in [4.69, 9.17) is 16.3 Å². The van der Waals surface area contributed by atoms with Crippen LogP contribution < -0.4 is 5.32 Å². The van der Waals surface area contributed by atoms with Crippen LogP contribution in [0.1, 0.15) is 17.3 Å². The molecule has 1 amide bonds. The fraction of sp³-hybridized carbons (Fsp3) is 0.154. The fourth-order valence-electron chi connectivity index (χ4n) is 3.51. The van der Waals surface area contributed by atoms with Crippen molar-refractivity contribution < 1.29 is 14.3 Å². The van der Waals surface area contributed by atoms with Gasteiger partial charge in [-0.3, -0.25) is 9.36 Å². The maximum Gasteiger partial charge on any atom is 0.341 e. The number of thiophene rings is 1. The zero-order valence-corrected chi connectivity index (χ0v) is 21.8. The van der Waals surface area contributed by atoms with E-state index in [1.807, 2.05) is 58.5 Å². The Bertz CT molecular complexity index is 1390. The third-order valence-corrected chi connectivity index (χ3v) is 7.28. The number of benzene rings is 2. The van der Waals surface area contributed by atoms with E-state index in [0.717, 1.165) is 16.7 Å². The Morgan fingerprint density at radius 2 is 1.89 bits per heavy atom. The summed E-state index contributed by atoms with van der Waals surface area (Å²) in [6, 6.07) is 16.9. The van der Waals surface area contributed by atoms with Crippen molar-refractivity contribution in [2.24, 2.45) is 0 Å². The third-order valence-electron chi connectivity index (χ3n) is 5.08. The van der Waals surface area contributed by atoms with Gasteiger partial charge in [-0.2, -0.15) is 0 Å². The van der Waals surface area contributed by atoms with Crippen LogP contribution in [0, 0.1) is 0 Å². The molecule has 0 bridgehead atoms. The van der Waals surface area contributed by atoms with E-state index >= 15 is 0 Å². The van der Waals surface area contributed by atoms with Crippen molar-refractivity contribution in [3.8, 4) is 22.5 Å². The second-order valence-electron chi connectivity index (χ2n) is 7.46. The fourth-order valence-corrected chi connectivity index (χ4v) is 5.45. The van der Waals surface area contributed by atoms with E-state index < -0.39 is 5.97 Å². The topological polar surface area (TPSA) is 86.1 Å². The first-order chi connectivity index (χ1) is 17.5. The minimum Gasteiger partial charge on any atom is -0.462 e. The molecule has 2 aromatic carbocycles. The molecule has 2 heterocycles. The normalized spacial score (nSPS) is 10.7. The molecule has 4 aromatic rings. The number of esters is 1. The molecular weight excluding hydrogens is 516 g/mol. The molecule has 7 nitrogen and oxygen atoms in total. The third kappa shape index (κ3) is 5.70. The summed E-state index contributed by atoms with van der Waals surface area (Å²) in [5.41, 5.74) is 2.69. The van der Waals surface area contributed by atoms with Crippen molar-refractivity contribution in [2.45, 2.75) is 18.6 Å². The Morgan fingerprint density at radius 3 is 2.61 bits per heavy atom. The van der Waals surface area contributed by atoms with Gasteiger partial charge in [-0.05, 0) is 24.6 Å². The minimum atomic E-state index is -0.476. The molecule has 0 aliphatic carbocycles. The van der Waals surface area contributed by atoms with Gasteiger partial charge in [0.25, 0.3) is 0 Å². The summed E-state index contributed by atoms with van der Waals surface area (Å²) in [6.07, 6.45) is 1.73. The minimum absolute atomic E-state index is 0.0681. The highest BCUT2D eigenvalue weighted by molar-refractivity contribution is 7.99. The highest BCUT2D eigenvalue weighted by Crippen LogP contribution is 2.36. The summed E-state index contributed by atoms with van der Waals surface area (Å²) in [5.74, 6) is -0.0904. The number of carbonyl (C=O) groups is 2. The van der Waals surface area contributed by atoms with Gasteiger partial charge in [0.1, 0.15) is 10.6 Å². The first kappa shape index (κ1) is 25.7. The number of thioether (sulfide) groups is 1. The number of rotatable bonds is 10. The van der Waals surface area contributed by atoms with E-state index in [0.29, 0.717) is 33.1 Å². The van der Waals surface area contributed by atoms with Gasteiger partial charge in [0, 0.05) is 23.1 Å². The first-order valence-electron chi connectivity index (χ1n) is 11.1. The zero-order valence-electron chi connectivity index (χ0n) is 19.4. The number of carbonyl (C=O) groups excluding carboxylic acids is 2.